The maximum Gasteiger partial charge on any atom is 0.339 e. The third kappa shape index (κ3) is 6.66. The van der Waals surface area contributed by atoms with E-state index in [2.05, 4.69) is 0 Å². The van der Waals surface area contributed by atoms with Gasteiger partial charge in [0.2, 0.25) is 0 Å². The molecule has 48 heavy (non-hydrogen) atoms. The molecule has 5 aromatic carbocycles. The van der Waals surface area contributed by atoms with Crippen LogP contribution in [0.4, 0.5) is 0 Å². The minimum absolute atomic E-state index is 0.000341. The Labute approximate surface area is 281 Å². The van der Waals surface area contributed by atoms with E-state index in [4.69, 9.17) is 18.9 Å². The summed E-state index contributed by atoms with van der Waals surface area (Å²) in [7, 11) is 0. The average Bonchev–Trinajstić information content (AvgIpc) is 3.05. The summed E-state index contributed by atoms with van der Waals surface area (Å²) in [6.45, 7) is 15.5. The molecule has 0 saturated heterocycles. The van der Waals surface area contributed by atoms with Crippen molar-refractivity contribution in [1.29, 1.82) is 0 Å². The predicted octanol–water partition coefficient (Wildman–Crippen LogP) is 8.99. The molecule has 0 amide bonds. The van der Waals surface area contributed by atoms with E-state index < -0.39 is 23.9 Å². The summed E-state index contributed by atoms with van der Waals surface area (Å²) in [5.41, 5.74) is -0.514. The highest BCUT2D eigenvalue weighted by atomic mass is 16.5. The fourth-order valence-electron chi connectivity index (χ4n) is 5.94. The third-order valence-electron chi connectivity index (χ3n) is 7.94. The first-order valence-corrected chi connectivity index (χ1v) is 16.7. The van der Waals surface area contributed by atoms with Crippen LogP contribution in [-0.4, -0.2) is 50.3 Å². The van der Waals surface area contributed by atoms with Crippen LogP contribution in [0.5, 0.6) is 0 Å². The Hall–Kier alpha value is -4.72. The van der Waals surface area contributed by atoms with Gasteiger partial charge in [0, 0.05) is 16.2 Å². The highest BCUT2D eigenvalue weighted by molar-refractivity contribution is 6.40. The van der Waals surface area contributed by atoms with Gasteiger partial charge >= 0.3 is 23.9 Å². The monoisotopic (exact) mass is 652 g/mol. The molecule has 0 unspecified atom stereocenters. The zero-order chi connectivity index (χ0) is 34.9. The van der Waals surface area contributed by atoms with E-state index in [9.17, 15) is 19.2 Å². The molecule has 0 atom stereocenters. The van der Waals surface area contributed by atoms with Crippen LogP contribution in [-0.2, 0) is 18.9 Å². The van der Waals surface area contributed by atoms with Crippen LogP contribution in [0.1, 0.15) is 96.8 Å². The van der Waals surface area contributed by atoms with Crippen molar-refractivity contribution >= 4 is 67.0 Å². The standard InChI is InChI=1S/C40H44O8/c1-21(2)17-45-37(41)29-16-15-27-26-13-9-11-25-12-10-14-28(30(25)26)32-31(27)33(29)35(39(43)47-19-23(5)6)36(40(44)48-20-24(7)8)34(32)38(42)46-18-22(3)4/h9-16,21-24H,17-20H2,1-8H3. The van der Waals surface area contributed by atoms with Crippen LogP contribution in [0, 0.1) is 23.7 Å². The number of fused-ring (bicyclic) bond motifs is 2. The van der Waals surface area contributed by atoms with Crippen LogP contribution in [0.25, 0.3) is 43.1 Å². The predicted molar refractivity (Wildman–Crippen MR) is 188 cm³/mol. The lowest BCUT2D eigenvalue weighted by molar-refractivity contribution is 0.0394. The van der Waals surface area contributed by atoms with Crippen LogP contribution in [0.2, 0.25) is 0 Å². The molecule has 0 aliphatic carbocycles. The molecule has 0 aliphatic heterocycles. The summed E-state index contributed by atoms with van der Waals surface area (Å²) in [4.78, 5) is 56.9. The second kappa shape index (κ2) is 14.2. The van der Waals surface area contributed by atoms with Gasteiger partial charge in [-0.15, -0.1) is 0 Å². The van der Waals surface area contributed by atoms with Crippen LogP contribution in [0.3, 0.4) is 0 Å². The molecular formula is C40H44O8. The number of esters is 4. The molecule has 5 aromatic rings. The Morgan fingerprint density at radius 2 is 0.854 bits per heavy atom. The van der Waals surface area contributed by atoms with Gasteiger partial charge in [-0.05, 0) is 56.7 Å². The third-order valence-corrected chi connectivity index (χ3v) is 7.94. The fourth-order valence-corrected chi connectivity index (χ4v) is 5.94. The molecule has 0 bridgehead atoms. The van der Waals surface area contributed by atoms with Crippen molar-refractivity contribution in [3.05, 3.63) is 70.8 Å². The number of hydrogen-bond donors (Lipinski definition) is 0. The molecule has 0 aliphatic rings. The lowest BCUT2D eigenvalue weighted by Gasteiger charge is -2.24. The number of carbonyl (C=O) groups excluding carboxylic acids is 4. The molecule has 252 valence electrons. The molecule has 8 heteroatoms. The zero-order valence-corrected chi connectivity index (χ0v) is 29.0. The number of benzene rings is 5. The minimum atomic E-state index is -0.882. The molecular weight excluding hydrogens is 608 g/mol. The van der Waals surface area contributed by atoms with E-state index in [0.717, 1.165) is 16.2 Å². The molecule has 0 fully saturated rings. The van der Waals surface area contributed by atoms with Gasteiger partial charge in [-0.1, -0.05) is 97.9 Å². The summed E-state index contributed by atoms with van der Waals surface area (Å²) >= 11 is 0. The molecule has 5 rings (SSSR count). The normalized spacial score (nSPS) is 11.9. The Bertz CT molecular complexity index is 2010. The molecule has 0 radical (unpaired) electrons. The number of hydrogen-bond acceptors (Lipinski definition) is 8. The molecule has 8 nitrogen and oxygen atoms in total. The van der Waals surface area contributed by atoms with Gasteiger partial charge in [0.05, 0.1) is 48.7 Å². The molecule has 0 saturated carbocycles. The zero-order valence-electron chi connectivity index (χ0n) is 29.0. The number of carbonyl (C=O) groups is 4. The second-order valence-corrected chi connectivity index (χ2v) is 14.1. The van der Waals surface area contributed by atoms with Crippen molar-refractivity contribution in [2.45, 2.75) is 55.4 Å². The maximum atomic E-state index is 14.4. The van der Waals surface area contributed by atoms with Gasteiger partial charge in [-0.25, -0.2) is 19.2 Å². The smallest absolute Gasteiger partial charge is 0.339 e. The van der Waals surface area contributed by atoms with Gasteiger partial charge < -0.3 is 18.9 Å². The average molecular weight is 653 g/mol. The van der Waals surface area contributed by atoms with Crippen LogP contribution >= 0.6 is 0 Å². The van der Waals surface area contributed by atoms with Crippen LogP contribution < -0.4 is 0 Å². The van der Waals surface area contributed by atoms with Gasteiger partial charge in [-0.3, -0.25) is 0 Å². The first kappa shape index (κ1) is 34.6. The van der Waals surface area contributed by atoms with E-state index in [-0.39, 0.29) is 77.7 Å². The van der Waals surface area contributed by atoms with Gasteiger partial charge in [0.15, 0.2) is 0 Å². The minimum Gasteiger partial charge on any atom is -0.462 e. The fraction of sp³-hybridized carbons (Fsp3) is 0.400. The number of rotatable bonds is 12. The lowest BCUT2D eigenvalue weighted by atomic mass is 9.81. The Morgan fingerprint density at radius 1 is 0.438 bits per heavy atom. The van der Waals surface area contributed by atoms with Crippen molar-refractivity contribution in [2.75, 3.05) is 26.4 Å². The molecule has 0 N–H and O–H groups in total. The van der Waals surface area contributed by atoms with E-state index >= 15 is 0 Å². The summed E-state index contributed by atoms with van der Waals surface area (Å²) < 4.78 is 23.1. The van der Waals surface area contributed by atoms with E-state index in [0.29, 0.717) is 21.5 Å². The summed E-state index contributed by atoms with van der Waals surface area (Å²) in [5, 5.41) is 5.07. The van der Waals surface area contributed by atoms with Gasteiger partial charge in [0.1, 0.15) is 0 Å². The van der Waals surface area contributed by atoms with Gasteiger partial charge in [-0.2, -0.15) is 0 Å². The Balaban J connectivity index is 2.06. The lowest BCUT2D eigenvalue weighted by Crippen LogP contribution is -2.24. The van der Waals surface area contributed by atoms with E-state index in [1.165, 1.54) is 0 Å². The quantitative estimate of drug-likeness (QED) is 0.0569. The SMILES string of the molecule is CC(C)COC(=O)c1c(C(=O)OCC(C)C)c2c(C(=O)OCC(C)C)ccc3c4cccc5cccc(c(c1C(=O)OCC(C)C)c23)c54. The van der Waals surface area contributed by atoms with Crippen molar-refractivity contribution in [3.8, 4) is 0 Å². The first-order chi connectivity index (χ1) is 22.8. The van der Waals surface area contributed by atoms with E-state index in [1.807, 2.05) is 97.9 Å². The first-order valence-electron chi connectivity index (χ1n) is 16.7. The Morgan fingerprint density at radius 3 is 1.35 bits per heavy atom. The molecule has 0 aromatic heterocycles. The molecule has 0 spiro atoms. The molecule has 0 heterocycles. The number of ether oxygens (including phenoxy) is 4. The summed E-state index contributed by atoms with van der Waals surface area (Å²) in [6.07, 6.45) is 0. The maximum absolute atomic E-state index is 14.4. The van der Waals surface area contributed by atoms with Crippen LogP contribution in [0.15, 0.2) is 48.5 Å². The highest BCUT2D eigenvalue weighted by Gasteiger charge is 2.36. The van der Waals surface area contributed by atoms with Crippen molar-refractivity contribution in [1.82, 2.24) is 0 Å². The van der Waals surface area contributed by atoms with Crippen molar-refractivity contribution in [2.24, 2.45) is 23.7 Å². The van der Waals surface area contributed by atoms with Crippen molar-refractivity contribution in [3.63, 3.8) is 0 Å². The largest absolute Gasteiger partial charge is 0.462 e. The van der Waals surface area contributed by atoms with Gasteiger partial charge in [0.25, 0.3) is 0 Å². The van der Waals surface area contributed by atoms with Crippen molar-refractivity contribution < 1.29 is 38.1 Å². The van der Waals surface area contributed by atoms with E-state index in [1.54, 1.807) is 6.07 Å². The summed E-state index contributed by atoms with van der Waals surface area (Å²) in [6, 6.07) is 15.1. The topological polar surface area (TPSA) is 105 Å². The Kier molecular flexibility index (Phi) is 10.2. The second-order valence-electron chi connectivity index (χ2n) is 14.1. The highest BCUT2D eigenvalue weighted by Crippen LogP contribution is 2.46. The summed E-state index contributed by atoms with van der Waals surface area (Å²) in [5.74, 6) is -3.17.